The highest BCUT2D eigenvalue weighted by atomic mass is 127. The Morgan fingerprint density at radius 3 is 2.60 bits per heavy atom. The average Bonchev–Trinajstić information content (AvgIpc) is 3.14. The normalized spacial score (nSPS) is 16.0. The van der Waals surface area contributed by atoms with E-state index in [1.807, 2.05) is 51.2 Å². The molecule has 9 heteroatoms. The van der Waals surface area contributed by atoms with Crippen molar-refractivity contribution in [1.29, 1.82) is 0 Å². The first kappa shape index (κ1) is 24.3. The summed E-state index contributed by atoms with van der Waals surface area (Å²) in [5.41, 5.74) is 0.988. The molecule has 1 aromatic carbocycles. The Hall–Kier alpha value is -2.01. The Balaban J connectivity index is 0.00000320. The molecule has 2 aromatic rings. The van der Waals surface area contributed by atoms with Crippen LogP contribution in [-0.2, 0) is 6.54 Å². The lowest BCUT2D eigenvalue weighted by atomic mass is 10.3. The van der Waals surface area contributed by atoms with Crippen LogP contribution < -0.4 is 14.8 Å². The number of guanidine groups is 1. The van der Waals surface area contributed by atoms with Crippen LogP contribution in [0.5, 0.6) is 11.5 Å². The molecule has 1 N–H and O–H groups in total. The number of methoxy groups -OCH3 is 1. The molecule has 1 atom stereocenters. The van der Waals surface area contributed by atoms with E-state index in [1.165, 1.54) is 0 Å². The first-order valence-corrected chi connectivity index (χ1v) is 9.98. The summed E-state index contributed by atoms with van der Waals surface area (Å²) in [7, 11) is 3.47. The first-order valence-electron chi connectivity index (χ1n) is 9.98. The highest BCUT2D eigenvalue weighted by Gasteiger charge is 2.21. The minimum Gasteiger partial charge on any atom is -0.497 e. The van der Waals surface area contributed by atoms with Crippen LogP contribution in [0.1, 0.15) is 18.4 Å². The number of benzene rings is 1. The molecule has 2 heterocycles. The van der Waals surface area contributed by atoms with Crippen LogP contribution in [0.4, 0.5) is 0 Å². The number of aliphatic imine (C=N–C) groups is 1. The van der Waals surface area contributed by atoms with Crippen LogP contribution in [0, 0.1) is 6.92 Å². The summed E-state index contributed by atoms with van der Waals surface area (Å²) in [5.74, 6) is 3.35. The van der Waals surface area contributed by atoms with Gasteiger partial charge in [-0.1, -0.05) is 11.2 Å². The van der Waals surface area contributed by atoms with E-state index in [9.17, 15) is 0 Å². The Bertz CT molecular complexity index is 805. The molecule has 0 bridgehead atoms. The molecular formula is C21H32IN5O3. The number of ether oxygens (including phenoxy) is 2. The minimum absolute atomic E-state index is 0. The van der Waals surface area contributed by atoms with Gasteiger partial charge in [-0.25, -0.2) is 0 Å². The monoisotopic (exact) mass is 529 g/mol. The summed E-state index contributed by atoms with van der Waals surface area (Å²) in [6.07, 6.45) is -0.00412. The molecule has 8 nitrogen and oxygen atoms in total. The smallest absolute Gasteiger partial charge is 0.193 e. The van der Waals surface area contributed by atoms with Crippen molar-refractivity contribution in [2.75, 3.05) is 46.9 Å². The number of aryl methyl sites for hydroxylation is 1. The zero-order chi connectivity index (χ0) is 20.6. The third-order valence-electron chi connectivity index (χ3n) is 4.87. The molecule has 0 radical (unpaired) electrons. The maximum atomic E-state index is 5.98. The van der Waals surface area contributed by atoms with Crippen LogP contribution in [0.15, 0.2) is 39.8 Å². The van der Waals surface area contributed by atoms with Gasteiger partial charge in [-0.05, 0) is 26.0 Å². The predicted molar refractivity (Wildman–Crippen MR) is 128 cm³/mol. The Kier molecular flexibility index (Phi) is 9.70. The van der Waals surface area contributed by atoms with E-state index in [4.69, 9.17) is 14.0 Å². The second-order valence-corrected chi connectivity index (χ2v) is 7.23. The van der Waals surface area contributed by atoms with Gasteiger partial charge in [-0.3, -0.25) is 9.89 Å². The van der Waals surface area contributed by atoms with Crippen LogP contribution in [0.3, 0.4) is 0 Å². The largest absolute Gasteiger partial charge is 0.497 e. The van der Waals surface area contributed by atoms with Gasteiger partial charge in [0.25, 0.3) is 0 Å². The lowest BCUT2D eigenvalue weighted by Crippen LogP contribution is -2.53. The predicted octanol–water partition coefficient (Wildman–Crippen LogP) is 2.77. The zero-order valence-corrected chi connectivity index (χ0v) is 20.5. The fourth-order valence-electron chi connectivity index (χ4n) is 3.36. The number of aromatic nitrogens is 1. The van der Waals surface area contributed by atoms with E-state index < -0.39 is 0 Å². The summed E-state index contributed by atoms with van der Waals surface area (Å²) >= 11 is 0. The highest BCUT2D eigenvalue weighted by molar-refractivity contribution is 14.0. The molecule has 1 fully saturated rings. The van der Waals surface area contributed by atoms with Gasteiger partial charge >= 0.3 is 0 Å². The summed E-state index contributed by atoms with van der Waals surface area (Å²) in [6, 6.07) is 9.65. The summed E-state index contributed by atoms with van der Waals surface area (Å²) < 4.78 is 16.4. The molecule has 1 aliphatic rings. The van der Waals surface area contributed by atoms with Crippen LogP contribution in [0.25, 0.3) is 0 Å². The van der Waals surface area contributed by atoms with Gasteiger partial charge in [0.15, 0.2) is 5.96 Å². The maximum absolute atomic E-state index is 5.98. The van der Waals surface area contributed by atoms with Crippen LogP contribution in [0.2, 0.25) is 0 Å². The first-order chi connectivity index (χ1) is 14.1. The molecule has 1 unspecified atom stereocenters. The third-order valence-corrected chi connectivity index (χ3v) is 4.87. The van der Waals surface area contributed by atoms with Crippen molar-refractivity contribution < 1.29 is 14.0 Å². The Morgan fingerprint density at radius 2 is 1.97 bits per heavy atom. The van der Waals surface area contributed by atoms with Gasteiger partial charge in [0.1, 0.15) is 23.4 Å². The molecule has 1 saturated heterocycles. The molecule has 0 amide bonds. The van der Waals surface area contributed by atoms with Gasteiger partial charge in [-0.15, -0.1) is 24.0 Å². The summed E-state index contributed by atoms with van der Waals surface area (Å²) in [6.45, 7) is 9.21. The average molecular weight is 529 g/mol. The number of nitrogens with zero attached hydrogens (tertiary/aromatic N) is 4. The topological polar surface area (TPSA) is 75.4 Å². The number of halogens is 1. The molecule has 3 rings (SSSR count). The van der Waals surface area contributed by atoms with Gasteiger partial charge in [0.2, 0.25) is 0 Å². The van der Waals surface area contributed by atoms with Crippen molar-refractivity contribution in [3.05, 3.63) is 41.8 Å². The molecule has 1 aromatic heterocycles. The molecular weight excluding hydrogens is 497 g/mol. The zero-order valence-electron chi connectivity index (χ0n) is 18.1. The van der Waals surface area contributed by atoms with Crippen molar-refractivity contribution in [1.82, 2.24) is 20.3 Å². The molecule has 0 spiro atoms. The molecule has 1 aliphatic heterocycles. The maximum Gasteiger partial charge on any atom is 0.193 e. The summed E-state index contributed by atoms with van der Waals surface area (Å²) in [5, 5.41) is 7.52. The molecule has 30 heavy (non-hydrogen) atoms. The number of hydrogen-bond donors (Lipinski definition) is 1. The van der Waals surface area contributed by atoms with Crippen molar-refractivity contribution in [3.8, 4) is 11.5 Å². The highest BCUT2D eigenvalue weighted by Crippen LogP contribution is 2.19. The van der Waals surface area contributed by atoms with Crippen LogP contribution in [-0.4, -0.2) is 73.9 Å². The van der Waals surface area contributed by atoms with Gasteiger partial charge in [0, 0.05) is 51.9 Å². The van der Waals surface area contributed by atoms with E-state index in [2.05, 4.69) is 25.3 Å². The van der Waals surface area contributed by atoms with Crippen LogP contribution >= 0.6 is 24.0 Å². The van der Waals surface area contributed by atoms with Crippen molar-refractivity contribution in [2.45, 2.75) is 26.5 Å². The van der Waals surface area contributed by atoms with E-state index >= 15 is 0 Å². The number of rotatable bonds is 7. The molecule has 0 saturated carbocycles. The second kappa shape index (κ2) is 12.0. The van der Waals surface area contributed by atoms with E-state index in [0.717, 1.165) is 61.6 Å². The quantitative estimate of drug-likeness (QED) is 0.336. The molecule has 0 aliphatic carbocycles. The standard InChI is InChI=1S/C21H31N5O3.HI/c1-16-12-18(24-29-16)15-25-8-10-26(11-9-25)21(22-3)23-14-17(2)28-20-7-5-6-19(13-20)27-4;/h5-7,12-13,17H,8-11,14-15H2,1-4H3,(H,22,23);1H. The number of nitrogens with one attached hydrogen (secondary N) is 1. The summed E-state index contributed by atoms with van der Waals surface area (Å²) in [4.78, 5) is 9.11. The van der Waals surface area contributed by atoms with Gasteiger partial charge in [0.05, 0.1) is 19.3 Å². The Labute approximate surface area is 195 Å². The second-order valence-electron chi connectivity index (χ2n) is 7.23. The fourth-order valence-corrected chi connectivity index (χ4v) is 3.36. The van der Waals surface area contributed by atoms with Gasteiger partial charge in [-0.2, -0.15) is 0 Å². The minimum atomic E-state index is -0.00412. The lowest BCUT2D eigenvalue weighted by Gasteiger charge is -2.36. The van der Waals surface area contributed by atoms with Crippen molar-refractivity contribution >= 4 is 29.9 Å². The SMILES string of the molecule is CN=C(NCC(C)Oc1cccc(OC)c1)N1CCN(Cc2cc(C)on2)CC1.I. The number of hydrogen-bond acceptors (Lipinski definition) is 6. The molecule has 166 valence electrons. The number of piperazine rings is 1. The van der Waals surface area contributed by atoms with Gasteiger partial charge < -0.3 is 24.2 Å². The lowest BCUT2D eigenvalue weighted by molar-refractivity contribution is 0.167. The Morgan fingerprint density at radius 1 is 1.23 bits per heavy atom. The fraction of sp³-hybridized carbons (Fsp3) is 0.524. The van der Waals surface area contributed by atoms with E-state index in [-0.39, 0.29) is 30.1 Å². The van der Waals surface area contributed by atoms with E-state index in [1.54, 1.807) is 7.11 Å². The van der Waals surface area contributed by atoms with Crippen molar-refractivity contribution in [3.63, 3.8) is 0 Å². The van der Waals surface area contributed by atoms with E-state index in [0.29, 0.717) is 6.54 Å². The van der Waals surface area contributed by atoms with Crippen molar-refractivity contribution in [2.24, 2.45) is 4.99 Å². The third kappa shape index (κ3) is 7.05.